The normalized spacial score (nSPS) is 10.7. The highest BCUT2D eigenvalue weighted by molar-refractivity contribution is 5.84. The minimum atomic E-state index is -0.316. The van der Waals surface area contributed by atoms with Crippen LogP contribution in [0.1, 0.15) is 24.5 Å². The molecule has 0 amide bonds. The molecule has 3 heteroatoms. The van der Waals surface area contributed by atoms with Crippen LogP contribution in [0, 0.1) is 11.6 Å². The van der Waals surface area contributed by atoms with Crippen LogP contribution in [0.4, 0.5) is 8.78 Å². The molecule has 2 rings (SSSR count). The molecule has 2 aromatic carbocycles. The lowest BCUT2D eigenvalue weighted by Crippen LogP contribution is -1.94. The summed E-state index contributed by atoms with van der Waals surface area (Å²) in [6.45, 7) is 1.97. The Morgan fingerprint density at radius 2 is 1.36 bits per heavy atom. The van der Waals surface area contributed by atoms with Crippen LogP contribution < -0.4 is 0 Å². The molecular weight excluding hydrogens is 282 g/mol. The second-order valence-electron chi connectivity index (χ2n) is 4.76. The molecule has 0 atom stereocenters. The molecule has 0 fully saturated rings. The van der Waals surface area contributed by atoms with Crippen molar-refractivity contribution in [3.63, 3.8) is 0 Å². The van der Waals surface area contributed by atoms with Gasteiger partial charge in [0.15, 0.2) is 0 Å². The summed E-state index contributed by atoms with van der Waals surface area (Å²) < 4.78 is 26.3. The van der Waals surface area contributed by atoms with Gasteiger partial charge < -0.3 is 0 Å². The van der Waals surface area contributed by atoms with Gasteiger partial charge >= 0.3 is 0 Å². The molecule has 2 aromatic rings. The number of aldehydes is 1. The largest absolute Gasteiger partial charge is 0.299 e. The zero-order valence-corrected chi connectivity index (χ0v) is 12.2. The summed E-state index contributed by atoms with van der Waals surface area (Å²) in [5.41, 5.74) is 3.42. The SMILES string of the molecule is CCC(C=CC=O)=C(c1ccc(F)cc1)c1ccc(F)cc1. The third kappa shape index (κ3) is 3.76. The predicted octanol–water partition coefficient (Wildman–Crippen LogP) is 4.93. The predicted molar refractivity (Wildman–Crippen MR) is 84.3 cm³/mol. The summed E-state index contributed by atoms with van der Waals surface area (Å²) in [5.74, 6) is -0.632. The third-order valence-corrected chi connectivity index (χ3v) is 3.34. The molecule has 0 heterocycles. The van der Waals surface area contributed by atoms with E-state index in [1.54, 1.807) is 30.3 Å². The number of hydrogen-bond acceptors (Lipinski definition) is 1. The van der Waals surface area contributed by atoms with Gasteiger partial charge in [0.25, 0.3) is 0 Å². The van der Waals surface area contributed by atoms with Crippen molar-refractivity contribution in [1.29, 1.82) is 0 Å². The first kappa shape index (κ1) is 15.8. The van der Waals surface area contributed by atoms with E-state index in [9.17, 15) is 13.6 Å². The maximum Gasteiger partial charge on any atom is 0.142 e. The van der Waals surface area contributed by atoms with E-state index < -0.39 is 0 Å². The van der Waals surface area contributed by atoms with E-state index in [1.165, 1.54) is 30.3 Å². The zero-order chi connectivity index (χ0) is 15.9. The Labute approximate surface area is 128 Å². The highest BCUT2D eigenvalue weighted by atomic mass is 19.1. The smallest absolute Gasteiger partial charge is 0.142 e. The fraction of sp³-hybridized carbons (Fsp3) is 0.105. The van der Waals surface area contributed by atoms with Gasteiger partial charge in [-0.25, -0.2) is 8.78 Å². The highest BCUT2D eigenvalue weighted by Crippen LogP contribution is 2.29. The van der Waals surface area contributed by atoms with Crippen LogP contribution in [0.2, 0.25) is 0 Å². The van der Waals surface area contributed by atoms with Crippen LogP contribution in [-0.2, 0) is 4.79 Å². The van der Waals surface area contributed by atoms with Crippen LogP contribution in [0.15, 0.2) is 66.3 Å². The lowest BCUT2D eigenvalue weighted by molar-refractivity contribution is -0.104. The van der Waals surface area contributed by atoms with E-state index in [4.69, 9.17) is 0 Å². The van der Waals surface area contributed by atoms with E-state index in [-0.39, 0.29) is 11.6 Å². The van der Waals surface area contributed by atoms with Gasteiger partial charge in [-0.05, 0) is 59.0 Å². The summed E-state index contributed by atoms with van der Waals surface area (Å²) in [4.78, 5) is 10.6. The first-order valence-corrected chi connectivity index (χ1v) is 7.02. The lowest BCUT2D eigenvalue weighted by Gasteiger charge is -2.13. The molecule has 0 radical (unpaired) electrons. The van der Waals surface area contributed by atoms with Crippen LogP contribution in [0.5, 0.6) is 0 Å². The number of halogens is 2. The van der Waals surface area contributed by atoms with E-state index >= 15 is 0 Å². The van der Waals surface area contributed by atoms with Gasteiger partial charge in [0, 0.05) is 0 Å². The van der Waals surface area contributed by atoms with E-state index in [0.717, 1.165) is 22.3 Å². The molecule has 0 unspecified atom stereocenters. The maximum atomic E-state index is 13.2. The molecule has 0 aliphatic carbocycles. The van der Waals surface area contributed by atoms with Crippen LogP contribution >= 0.6 is 0 Å². The molecule has 0 bridgehead atoms. The minimum absolute atomic E-state index is 0.316. The van der Waals surface area contributed by atoms with E-state index in [0.29, 0.717) is 12.7 Å². The molecule has 22 heavy (non-hydrogen) atoms. The van der Waals surface area contributed by atoms with Gasteiger partial charge in [0.1, 0.15) is 17.9 Å². The molecule has 0 aliphatic heterocycles. The van der Waals surface area contributed by atoms with Crippen molar-refractivity contribution in [2.45, 2.75) is 13.3 Å². The van der Waals surface area contributed by atoms with Gasteiger partial charge in [-0.3, -0.25) is 4.79 Å². The third-order valence-electron chi connectivity index (χ3n) is 3.34. The first-order chi connectivity index (χ1) is 10.7. The number of allylic oxidation sites excluding steroid dienone is 3. The van der Waals surface area contributed by atoms with E-state index in [1.807, 2.05) is 6.92 Å². The summed E-state index contributed by atoms with van der Waals surface area (Å²) in [5, 5.41) is 0. The summed E-state index contributed by atoms with van der Waals surface area (Å²) in [6.07, 6.45) is 4.55. The van der Waals surface area contributed by atoms with Gasteiger partial charge in [0.05, 0.1) is 0 Å². The van der Waals surface area contributed by atoms with E-state index in [2.05, 4.69) is 0 Å². The molecule has 0 saturated heterocycles. The van der Waals surface area contributed by atoms with Crippen LogP contribution in [-0.4, -0.2) is 6.29 Å². The van der Waals surface area contributed by atoms with Crippen LogP contribution in [0.3, 0.4) is 0 Å². The topological polar surface area (TPSA) is 17.1 Å². The Kier molecular flexibility index (Phi) is 5.37. The first-order valence-electron chi connectivity index (χ1n) is 7.02. The van der Waals surface area contributed by atoms with Crippen molar-refractivity contribution in [3.05, 3.63) is 89.0 Å². The van der Waals surface area contributed by atoms with Crippen molar-refractivity contribution in [2.24, 2.45) is 0 Å². The van der Waals surface area contributed by atoms with Gasteiger partial charge in [-0.15, -0.1) is 0 Å². The van der Waals surface area contributed by atoms with Crippen molar-refractivity contribution in [3.8, 4) is 0 Å². The van der Waals surface area contributed by atoms with Crippen molar-refractivity contribution in [2.75, 3.05) is 0 Å². The standard InChI is InChI=1S/C19H16F2O/c1-2-14(4-3-13-22)19(15-5-9-17(20)10-6-15)16-7-11-18(21)12-8-16/h3-13H,2H2,1H3. The Balaban J connectivity index is 2.64. The Morgan fingerprint density at radius 1 is 0.909 bits per heavy atom. The minimum Gasteiger partial charge on any atom is -0.299 e. The highest BCUT2D eigenvalue weighted by Gasteiger charge is 2.10. The summed E-state index contributed by atoms with van der Waals surface area (Å²) in [6, 6.07) is 12.3. The van der Waals surface area contributed by atoms with Crippen LogP contribution in [0.25, 0.3) is 5.57 Å². The van der Waals surface area contributed by atoms with Gasteiger partial charge in [0.2, 0.25) is 0 Å². The lowest BCUT2D eigenvalue weighted by atomic mass is 9.91. The Morgan fingerprint density at radius 3 is 1.73 bits per heavy atom. The second-order valence-corrected chi connectivity index (χ2v) is 4.76. The quantitative estimate of drug-likeness (QED) is 0.434. The average molecular weight is 298 g/mol. The van der Waals surface area contributed by atoms with Crippen molar-refractivity contribution >= 4 is 11.9 Å². The van der Waals surface area contributed by atoms with Gasteiger partial charge in [-0.1, -0.05) is 37.3 Å². The fourth-order valence-electron chi connectivity index (χ4n) is 2.30. The van der Waals surface area contributed by atoms with Crippen molar-refractivity contribution < 1.29 is 13.6 Å². The maximum absolute atomic E-state index is 13.2. The summed E-state index contributed by atoms with van der Waals surface area (Å²) >= 11 is 0. The Bertz CT molecular complexity index is 648. The van der Waals surface area contributed by atoms with Crippen molar-refractivity contribution in [1.82, 2.24) is 0 Å². The second kappa shape index (κ2) is 7.46. The molecular formula is C19H16F2O. The molecule has 0 N–H and O–H groups in total. The number of carbonyl (C=O) groups excluding carboxylic acids is 1. The molecule has 0 spiro atoms. The summed E-state index contributed by atoms with van der Waals surface area (Å²) in [7, 11) is 0. The van der Waals surface area contributed by atoms with Gasteiger partial charge in [-0.2, -0.15) is 0 Å². The average Bonchev–Trinajstić information content (AvgIpc) is 2.54. The number of rotatable bonds is 5. The number of carbonyl (C=O) groups is 1. The zero-order valence-electron chi connectivity index (χ0n) is 12.2. The monoisotopic (exact) mass is 298 g/mol. The fourth-order valence-corrected chi connectivity index (χ4v) is 2.30. The molecule has 0 aromatic heterocycles. The number of hydrogen-bond donors (Lipinski definition) is 0. The molecule has 1 nitrogen and oxygen atoms in total. The molecule has 0 aliphatic rings. The number of benzene rings is 2. The molecule has 0 saturated carbocycles. The molecule has 112 valence electrons. The Hall–Kier alpha value is -2.55.